The van der Waals surface area contributed by atoms with Gasteiger partial charge >= 0.3 is 0 Å². The summed E-state index contributed by atoms with van der Waals surface area (Å²) in [5.41, 5.74) is 2.26. The number of aromatic nitrogens is 2. The molecule has 2 rings (SSSR count). The van der Waals surface area contributed by atoms with E-state index in [1.165, 1.54) is 10.6 Å². The molecule has 98 valence electrons. The molecule has 1 N–H and O–H groups in total. The van der Waals surface area contributed by atoms with Crippen LogP contribution >= 0.6 is 43.2 Å². The molecule has 0 aliphatic heterocycles. The van der Waals surface area contributed by atoms with Gasteiger partial charge in [0.25, 0.3) is 0 Å². The number of hydrogen-bond donors (Lipinski definition) is 1. The first-order valence-corrected chi connectivity index (χ1v) is 8.03. The molecule has 1 unspecified atom stereocenters. The fourth-order valence-corrected chi connectivity index (χ4v) is 3.99. The lowest BCUT2D eigenvalue weighted by molar-refractivity contribution is 0.568. The molecule has 6 heteroatoms. The second-order valence-electron chi connectivity index (χ2n) is 4.16. The van der Waals surface area contributed by atoms with E-state index in [9.17, 15) is 0 Å². The van der Waals surface area contributed by atoms with Gasteiger partial charge in [-0.1, -0.05) is 0 Å². The highest BCUT2D eigenvalue weighted by Crippen LogP contribution is 2.31. The van der Waals surface area contributed by atoms with E-state index in [1.807, 2.05) is 25.7 Å². The Labute approximate surface area is 128 Å². The molecule has 0 radical (unpaired) electrons. The van der Waals surface area contributed by atoms with Crippen molar-refractivity contribution in [1.82, 2.24) is 15.1 Å². The summed E-state index contributed by atoms with van der Waals surface area (Å²) >= 11 is 8.90. The second kappa shape index (κ2) is 5.86. The normalized spacial score (nSPS) is 12.9. The molecule has 0 aliphatic carbocycles. The van der Waals surface area contributed by atoms with Gasteiger partial charge in [-0.3, -0.25) is 4.68 Å². The largest absolute Gasteiger partial charge is 0.312 e. The first kappa shape index (κ1) is 14.2. The van der Waals surface area contributed by atoms with Crippen molar-refractivity contribution in [3.8, 4) is 0 Å². The van der Waals surface area contributed by atoms with Crippen LogP contribution in [0.25, 0.3) is 0 Å². The number of halogens is 2. The summed E-state index contributed by atoms with van der Waals surface area (Å²) < 4.78 is 4.23. The van der Waals surface area contributed by atoms with E-state index < -0.39 is 0 Å². The molecule has 0 spiro atoms. The summed E-state index contributed by atoms with van der Waals surface area (Å²) in [5.74, 6) is 0. The first-order valence-electron chi connectivity index (χ1n) is 5.63. The Hall–Kier alpha value is -0.170. The predicted molar refractivity (Wildman–Crippen MR) is 83.2 cm³/mol. The molecule has 0 saturated carbocycles. The van der Waals surface area contributed by atoms with Crippen molar-refractivity contribution in [2.45, 2.75) is 19.4 Å². The van der Waals surface area contributed by atoms with Crippen molar-refractivity contribution in [2.24, 2.45) is 7.05 Å². The van der Waals surface area contributed by atoms with E-state index in [0.717, 1.165) is 20.4 Å². The van der Waals surface area contributed by atoms with E-state index in [4.69, 9.17) is 0 Å². The molecule has 0 aromatic carbocycles. The number of nitrogens with one attached hydrogen (secondary N) is 1. The maximum Gasteiger partial charge on any atom is 0.0738 e. The third-order valence-corrected chi connectivity index (χ3v) is 5.71. The monoisotopic (exact) mass is 391 g/mol. The molecule has 2 aromatic heterocycles. The van der Waals surface area contributed by atoms with Crippen molar-refractivity contribution in [1.29, 1.82) is 0 Å². The maximum absolute atomic E-state index is 4.43. The minimum Gasteiger partial charge on any atom is -0.312 e. The molecular weight excluding hydrogens is 378 g/mol. The topological polar surface area (TPSA) is 29.9 Å². The summed E-state index contributed by atoms with van der Waals surface area (Å²) in [6.07, 6.45) is 0.918. The van der Waals surface area contributed by atoms with Gasteiger partial charge in [0.15, 0.2) is 0 Å². The Morgan fingerprint density at radius 3 is 2.61 bits per heavy atom. The van der Waals surface area contributed by atoms with Gasteiger partial charge in [0.1, 0.15) is 0 Å². The molecule has 0 amide bonds. The van der Waals surface area contributed by atoms with Crippen molar-refractivity contribution in [2.75, 3.05) is 7.05 Å². The minimum absolute atomic E-state index is 0.312. The second-order valence-corrected chi connectivity index (χ2v) is 7.44. The SMILES string of the molecule is CNC(Cc1c(Br)c(C)nn1C)c1ccc(Br)s1. The molecule has 2 heterocycles. The zero-order chi connectivity index (χ0) is 13.3. The Balaban J connectivity index is 2.25. The third kappa shape index (κ3) is 2.87. The van der Waals surface area contributed by atoms with Crippen LogP contribution in [0.1, 0.15) is 22.3 Å². The Morgan fingerprint density at radius 1 is 1.44 bits per heavy atom. The molecular formula is C12H15Br2N3S. The van der Waals surface area contributed by atoms with Crippen LogP contribution in [-0.4, -0.2) is 16.8 Å². The number of hydrogen-bond acceptors (Lipinski definition) is 3. The van der Waals surface area contributed by atoms with Crippen molar-refractivity contribution in [3.05, 3.63) is 36.7 Å². The summed E-state index contributed by atoms with van der Waals surface area (Å²) in [6.45, 7) is 2.02. The quantitative estimate of drug-likeness (QED) is 0.856. The molecule has 0 saturated heterocycles. The zero-order valence-electron chi connectivity index (χ0n) is 10.5. The van der Waals surface area contributed by atoms with Crippen LogP contribution in [-0.2, 0) is 13.5 Å². The number of rotatable bonds is 4. The highest BCUT2D eigenvalue weighted by atomic mass is 79.9. The van der Waals surface area contributed by atoms with Crippen LogP contribution in [0.2, 0.25) is 0 Å². The van der Waals surface area contributed by atoms with E-state index >= 15 is 0 Å². The fraction of sp³-hybridized carbons (Fsp3) is 0.417. The highest BCUT2D eigenvalue weighted by molar-refractivity contribution is 9.11. The lowest BCUT2D eigenvalue weighted by Crippen LogP contribution is -2.19. The Morgan fingerprint density at radius 2 is 2.17 bits per heavy atom. The van der Waals surface area contributed by atoms with Gasteiger partial charge in [0.05, 0.1) is 19.6 Å². The van der Waals surface area contributed by atoms with Gasteiger partial charge in [-0.15, -0.1) is 11.3 Å². The van der Waals surface area contributed by atoms with Crippen LogP contribution in [0.3, 0.4) is 0 Å². The molecule has 0 bridgehead atoms. The van der Waals surface area contributed by atoms with Gasteiger partial charge in [0.2, 0.25) is 0 Å². The highest BCUT2D eigenvalue weighted by Gasteiger charge is 2.18. The van der Waals surface area contributed by atoms with Gasteiger partial charge in [0, 0.05) is 24.4 Å². The molecule has 1 atom stereocenters. The van der Waals surface area contributed by atoms with E-state index in [-0.39, 0.29) is 0 Å². The molecule has 3 nitrogen and oxygen atoms in total. The zero-order valence-corrected chi connectivity index (χ0v) is 14.5. The smallest absolute Gasteiger partial charge is 0.0738 e. The lowest BCUT2D eigenvalue weighted by Gasteiger charge is -2.15. The van der Waals surface area contributed by atoms with Crippen LogP contribution in [0.4, 0.5) is 0 Å². The van der Waals surface area contributed by atoms with E-state index in [0.29, 0.717) is 6.04 Å². The standard InChI is InChI=1S/C12H15Br2N3S/c1-7-12(14)9(17(3)16-7)6-8(15-2)10-4-5-11(13)18-10/h4-5,8,15H,6H2,1-3H3. The van der Waals surface area contributed by atoms with Crippen molar-refractivity contribution >= 4 is 43.2 Å². The molecule has 0 aliphatic rings. The van der Waals surface area contributed by atoms with Crippen LogP contribution in [0.5, 0.6) is 0 Å². The molecule has 0 fully saturated rings. The summed E-state index contributed by atoms with van der Waals surface area (Å²) in [6, 6.07) is 4.56. The first-order chi connectivity index (χ1) is 8.52. The van der Waals surface area contributed by atoms with Crippen LogP contribution in [0.15, 0.2) is 20.4 Å². The number of aryl methyl sites for hydroxylation is 2. The fourth-order valence-electron chi connectivity index (χ4n) is 1.96. The van der Waals surface area contributed by atoms with Crippen molar-refractivity contribution in [3.63, 3.8) is 0 Å². The Bertz CT molecular complexity index is 548. The van der Waals surface area contributed by atoms with Crippen LogP contribution in [0, 0.1) is 6.92 Å². The third-order valence-electron chi connectivity index (χ3n) is 2.95. The maximum atomic E-state index is 4.43. The minimum atomic E-state index is 0.312. The molecule has 18 heavy (non-hydrogen) atoms. The summed E-state index contributed by atoms with van der Waals surface area (Å²) in [5, 5.41) is 7.80. The van der Waals surface area contributed by atoms with Crippen LogP contribution < -0.4 is 5.32 Å². The number of thiophene rings is 1. The van der Waals surface area contributed by atoms with E-state index in [1.54, 1.807) is 11.3 Å². The van der Waals surface area contributed by atoms with Crippen molar-refractivity contribution < 1.29 is 0 Å². The Kier molecular flexibility index (Phi) is 4.64. The summed E-state index contributed by atoms with van der Waals surface area (Å²) in [4.78, 5) is 1.33. The summed E-state index contributed by atoms with van der Waals surface area (Å²) in [7, 11) is 3.99. The van der Waals surface area contributed by atoms with Gasteiger partial charge in [-0.05, 0) is 58.0 Å². The van der Waals surface area contributed by atoms with Gasteiger partial charge < -0.3 is 5.32 Å². The predicted octanol–water partition coefficient (Wildman–Crippen LogP) is 3.82. The molecule has 2 aromatic rings. The number of likely N-dealkylation sites (N-methyl/N-ethyl adjacent to an activating group) is 1. The number of nitrogens with zero attached hydrogens (tertiary/aromatic N) is 2. The lowest BCUT2D eigenvalue weighted by atomic mass is 10.1. The average Bonchev–Trinajstić information content (AvgIpc) is 2.84. The van der Waals surface area contributed by atoms with Gasteiger partial charge in [-0.25, -0.2) is 0 Å². The van der Waals surface area contributed by atoms with E-state index in [2.05, 4.69) is 54.4 Å². The average molecular weight is 393 g/mol. The van der Waals surface area contributed by atoms with Gasteiger partial charge in [-0.2, -0.15) is 5.10 Å².